The van der Waals surface area contributed by atoms with Crippen LogP contribution in [-0.2, 0) is 0 Å². The van der Waals surface area contributed by atoms with E-state index in [1.165, 1.54) is 0 Å². The summed E-state index contributed by atoms with van der Waals surface area (Å²) in [6.07, 6.45) is 6.54. The fraction of sp³-hybridized carbons (Fsp3) is 0. The summed E-state index contributed by atoms with van der Waals surface area (Å²) in [5.41, 5.74) is 1.71. The van der Waals surface area contributed by atoms with Gasteiger partial charge in [0.25, 0.3) is 0 Å². The van der Waals surface area contributed by atoms with Crippen molar-refractivity contribution < 1.29 is 9.90 Å². The molecule has 0 amide bonds. The largest absolute Gasteiger partial charge is 0.478 e. The summed E-state index contributed by atoms with van der Waals surface area (Å²) in [6, 6.07) is 7.09. The predicted octanol–water partition coefficient (Wildman–Crippen LogP) is 2.12. The molecule has 0 aromatic carbocycles. The van der Waals surface area contributed by atoms with Gasteiger partial charge in [0, 0.05) is 30.2 Å². The summed E-state index contributed by atoms with van der Waals surface area (Å²) >= 11 is 0. The zero-order valence-corrected chi connectivity index (χ0v) is 9.32. The fourth-order valence-electron chi connectivity index (χ4n) is 1.93. The Morgan fingerprint density at radius 2 is 1.94 bits per heavy atom. The molecule has 0 bridgehead atoms. The van der Waals surface area contributed by atoms with E-state index in [-0.39, 0.29) is 5.56 Å². The summed E-state index contributed by atoms with van der Waals surface area (Å²) in [5.74, 6) is -0.958. The predicted molar refractivity (Wildman–Crippen MR) is 65.8 cm³/mol. The summed E-state index contributed by atoms with van der Waals surface area (Å²) in [5, 5.41) is 9.82. The highest BCUT2D eigenvalue weighted by Gasteiger charge is 2.15. The zero-order valence-electron chi connectivity index (χ0n) is 9.32. The number of hydrogen-bond acceptors (Lipinski definition) is 3. The Morgan fingerprint density at radius 3 is 2.67 bits per heavy atom. The van der Waals surface area contributed by atoms with Crippen molar-refractivity contribution in [2.45, 2.75) is 0 Å². The van der Waals surface area contributed by atoms with Crippen LogP contribution in [0.15, 0.2) is 49.1 Å². The van der Waals surface area contributed by atoms with Crippen LogP contribution in [0.2, 0.25) is 0 Å². The number of aromatic nitrogens is 3. The Hall–Kier alpha value is -2.69. The van der Waals surface area contributed by atoms with Crippen molar-refractivity contribution in [3.05, 3.63) is 54.6 Å². The molecule has 0 fully saturated rings. The first-order chi connectivity index (χ1) is 8.77. The van der Waals surface area contributed by atoms with Gasteiger partial charge in [-0.1, -0.05) is 0 Å². The maximum atomic E-state index is 11.2. The number of hydrogen-bond donors (Lipinski definition) is 1. The Kier molecular flexibility index (Phi) is 2.30. The fourth-order valence-corrected chi connectivity index (χ4v) is 1.93. The number of nitrogens with zero attached hydrogens (tertiary/aromatic N) is 3. The van der Waals surface area contributed by atoms with Crippen molar-refractivity contribution >= 4 is 17.0 Å². The number of carboxylic acids is 1. The van der Waals surface area contributed by atoms with Gasteiger partial charge >= 0.3 is 5.97 Å². The molecule has 1 N–H and O–H groups in total. The third-order valence-electron chi connectivity index (χ3n) is 2.73. The molecule has 0 saturated carbocycles. The summed E-state index contributed by atoms with van der Waals surface area (Å²) in [7, 11) is 0. The molecule has 0 atom stereocenters. The van der Waals surface area contributed by atoms with Crippen molar-refractivity contribution in [2.75, 3.05) is 0 Å². The Morgan fingerprint density at radius 1 is 1.17 bits per heavy atom. The lowest BCUT2D eigenvalue weighted by Gasteiger charge is -2.02. The minimum atomic E-state index is -0.958. The molecule has 5 heteroatoms. The summed E-state index contributed by atoms with van der Waals surface area (Å²) in [4.78, 5) is 19.4. The van der Waals surface area contributed by atoms with E-state index in [1.54, 1.807) is 53.6 Å². The van der Waals surface area contributed by atoms with Gasteiger partial charge in [-0.05, 0) is 24.3 Å². The standard InChI is InChI=1S/C13H9N3O2/c17-13(18)11-8-16(9-3-6-14-7-4-9)12-10(11)2-1-5-15-12/h1-8H,(H,17,18). The molecule has 0 aliphatic rings. The minimum Gasteiger partial charge on any atom is -0.478 e. The molecule has 5 nitrogen and oxygen atoms in total. The second kappa shape index (κ2) is 3.96. The average molecular weight is 239 g/mol. The first kappa shape index (κ1) is 10.5. The number of pyridine rings is 2. The smallest absolute Gasteiger partial charge is 0.337 e. The van der Waals surface area contributed by atoms with E-state index in [1.807, 2.05) is 0 Å². The first-order valence-corrected chi connectivity index (χ1v) is 5.37. The van der Waals surface area contributed by atoms with Gasteiger partial charge in [-0.25, -0.2) is 9.78 Å². The minimum absolute atomic E-state index is 0.245. The van der Waals surface area contributed by atoms with Crippen LogP contribution in [0.4, 0.5) is 0 Å². The maximum absolute atomic E-state index is 11.2. The third-order valence-corrected chi connectivity index (χ3v) is 2.73. The van der Waals surface area contributed by atoms with Crippen LogP contribution in [0.1, 0.15) is 10.4 Å². The highest BCUT2D eigenvalue weighted by molar-refractivity contribution is 6.02. The lowest BCUT2D eigenvalue weighted by molar-refractivity contribution is 0.0699. The Balaban J connectivity index is 2.34. The highest BCUT2D eigenvalue weighted by atomic mass is 16.4. The molecule has 3 aromatic heterocycles. The highest BCUT2D eigenvalue weighted by Crippen LogP contribution is 2.22. The molecule has 18 heavy (non-hydrogen) atoms. The van der Waals surface area contributed by atoms with Crippen molar-refractivity contribution in [1.29, 1.82) is 0 Å². The monoisotopic (exact) mass is 239 g/mol. The van der Waals surface area contributed by atoms with E-state index in [2.05, 4.69) is 9.97 Å². The molecule has 3 rings (SSSR count). The maximum Gasteiger partial charge on any atom is 0.337 e. The van der Waals surface area contributed by atoms with E-state index in [4.69, 9.17) is 0 Å². The van der Waals surface area contributed by atoms with E-state index < -0.39 is 5.97 Å². The van der Waals surface area contributed by atoms with Gasteiger partial charge in [0.1, 0.15) is 5.65 Å². The molecule has 0 saturated heterocycles. The SMILES string of the molecule is O=C(O)c1cn(-c2ccncc2)c2ncccc12. The van der Waals surface area contributed by atoms with Gasteiger partial charge in [0.05, 0.1) is 11.3 Å². The van der Waals surface area contributed by atoms with Gasteiger partial charge in [-0.3, -0.25) is 4.98 Å². The van der Waals surface area contributed by atoms with Crippen LogP contribution in [-0.4, -0.2) is 25.6 Å². The number of carbonyl (C=O) groups is 1. The van der Waals surface area contributed by atoms with Gasteiger partial charge in [0.15, 0.2) is 0 Å². The summed E-state index contributed by atoms with van der Waals surface area (Å²) in [6.45, 7) is 0. The molecule has 0 spiro atoms. The lowest BCUT2D eigenvalue weighted by atomic mass is 10.2. The van der Waals surface area contributed by atoms with Crippen molar-refractivity contribution in [1.82, 2.24) is 14.5 Å². The van der Waals surface area contributed by atoms with Gasteiger partial charge in [-0.2, -0.15) is 0 Å². The molecule has 3 aromatic rings. The number of rotatable bonds is 2. The quantitative estimate of drug-likeness (QED) is 0.743. The number of aromatic carboxylic acids is 1. The molecule has 88 valence electrons. The molecular formula is C13H9N3O2. The second-order valence-corrected chi connectivity index (χ2v) is 3.80. The third kappa shape index (κ3) is 1.53. The topological polar surface area (TPSA) is 68.0 Å². The van der Waals surface area contributed by atoms with Crippen molar-refractivity contribution in [3.63, 3.8) is 0 Å². The first-order valence-electron chi connectivity index (χ1n) is 5.37. The normalized spacial score (nSPS) is 10.7. The van der Waals surface area contributed by atoms with Crippen LogP contribution < -0.4 is 0 Å². The molecule has 0 aliphatic carbocycles. The lowest BCUT2D eigenvalue weighted by Crippen LogP contribution is -1.95. The van der Waals surface area contributed by atoms with E-state index in [0.717, 1.165) is 5.69 Å². The Bertz CT molecular complexity index is 719. The van der Waals surface area contributed by atoms with Gasteiger partial charge in [0.2, 0.25) is 0 Å². The van der Waals surface area contributed by atoms with E-state index >= 15 is 0 Å². The van der Waals surface area contributed by atoms with Crippen LogP contribution in [0.25, 0.3) is 16.7 Å². The van der Waals surface area contributed by atoms with Crippen molar-refractivity contribution in [3.8, 4) is 5.69 Å². The molecule has 0 aliphatic heterocycles. The second-order valence-electron chi connectivity index (χ2n) is 3.80. The average Bonchev–Trinajstić information content (AvgIpc) is 2.79. The van der Waals surface area contributed by atoms with Crippen molar-refractivity contribution in [2.24, 2.45) is 0 Å². The van der Waals surface area contributed by atoms with Crippen LogP contribution in [0.5, 0.6) is 0 Å². The van der Waals surface area contributed by atoms with Gasteiger partial charge < -0.3 is 9.67 Å². The van der Waals surface area contributed by atoms with Crippen LogP contribution in [0.3, 0.4) is 0 Å². The summed E-state index contributed by atoms with van der Waals surface area (Å²) < 4.78 is 1.75. The molecule has 3 heterocycles. The van der Waals surface area contributed by atoms with Crippen LogP contribution >= 0.6 is 0 Å². The van der Waals surface area contributed by atoms with Gasteiger partial charge in [-0.15, -0.1) is 0 Å². The molecule has 0 unspecified atom stereocenters. The van der Waals surface area contributed by atoms with E-state index in [0.29, 0.717) is 11.0 Å². The number of carboxylic acid groups (broad SMARTS) is 1. The molecular weight excluding hydrogens is 230 g/mol. The molecule has 0 radical (unpaired) electrons. The Labute approximate surface area is 102 Å². The number of fused-ring (bicyclic) bond motifs is 1. The van der Waals surface area contributed by atoms with E-state index in [9.17, 15) is 9.90 Å². The zero-order chi connectivity index (χ0) is 12.5. The van der Waals surface area contributed by atoms with Crippen LogP contribution in [0, 0.1) is 0 Å².